The second kappa shape index (κ2) is 8.39. The Kier molecular flexibility index (Phi) is 5.65. The minimum atomic E-state index is -1.34. The molecule has 0 fully saturated rings. The van der Waals surface area contributed by atoms with E-state index in [1.807, 2.05) is 47.8 Å². The van der Waals surface area contributed by atoms with Crippen molar-refractivity contribution in [2.45, 2.75) is 25.8 Å². The molecule has 0 saturated heterocycles. The number of aliphatic carboxylic acids is 1. The number of nitrogens with one attached hydrogen (secondary N) is 1. The third kappa shape index (κ3) is 4.39. The topological polar surface area (TPSA) is 97.8 Å². The van der Waals surface area contributed by atoms with Crippen LogP contribution in [0.3, 0.4) is 0 Å². The van der Waals surface area contributed by atoms with Crippen LogP contribution in [0.4, 0.5) is 0 Å². The van der Waals surface area contributed by atoms with Gasteiger partial charge >= 0.3 is 5.97 Å². The summed E-state index contributed by atoms with van der Waals surface area (Å²) < 4.78 is 11.7. The Morgan fingerprint density at radius 2 is 1.87 bits per heavy atom. The molecule has 0 unspecified atom stereocenters. The number of carbonyl (C=O) groups is 2. The fourth-order valence-electron chi connectivity index (χ4n) is 3.31. The van der Waals surface area contributed by atoms with Gasteiger partial charge < -0.3 is 19.9 Å². The first-order valence-electron chi connectivity index (χ1n) is 9.82. The van der Waals surface area contributed by atoms with Crippen LogP contribution < -0.4 is 14.8 Å². The van der Waals surface area contributed by atoms with Crippen LogP contribution in [0.1, 0.15) is 19.5 Å². The molecule has 3 aromatic rings. The molecular weight excluding hydrogens is 416 g/mol. The van der Waals surface area contributed by atoms with Gasteiger partial charge in [0.1, 0.15) is 23.8 Å². The second-order valence-corrected chi connectivity index (χ2v) is 8.54. The van der Waals surface area contributed by atoms with Crippen molar-refractivity contribution < 1.29 is 24.2 Å². The van der Waals surface area contributed by atoms with E-state index in [2.05, 4.69) is 10.3 Å². The highest BCUT2D eigenvalue weighted by molar-refractivity contribution is 7.13. The van der Waals surface area contributed by atoms with E-state index in [1.165, 1.54) is 25.2 Å². The van der Waals surface area contributed by atoms with Crippen LogP contribution >= 0.6 is 11.3 Å². The van der Waals surface area contributed by atoms with Crippen molar-refractivity contribution in [2.24, 2.45) is 0 Å². The summed E-state index contributed by atoms with van der Waals surface area (Å²) in [6, 6.07) is 13.7. The summed E-state index contributed by atoms with van der Waals surface area (Å²) in [5.74, 6) is -0.105. The summed E-state index contributed by atoms with van der Waals surface area (Å²) in [5, 5.41) is 14.3. The number of fused-ring (bicyclic) bond motifs is 1. The molecule has 2 heterocycles. The van der Waals surface area contributed by atoms with Crippen molar-refractivity contribution in [3.8, 4) is 33.2 Å². The molecule has 1 amide bonds. The van der Waals surface area contributed by atoms with Gasteiger partial charge in [0.05, 0.1) is 12.1 Å². The molecule has 0 atom stereocenters. The zero-order valence-electron chi connectivity index (χ0n) is 17.2. The van der Waals surface area contributed by atoms with Gasteiger partial charge in [0.15, 0.2) is 11.5 Å². The number of hydrogen-bond acceptors (Lipinski definition) is 6. The first kappa shape index (κ1) is 20.9. The highest BCUT2D eigenvalue weighted by atomic mass is 32.1. The average Bonchev–Trinajstić information content (AvgIpc) is 3.21. The number of thiazole rings is 1. The molecule has 8 heteroatoms. The first-order valence-corrected chi connectivity index (χ1v) is 10.7. The van der Waals surface area contributed by atoms with E-state index in [-0.39, 0.29) is 6.42 Å². The number of carbonyl (C=O) groups excluding carboxylic acids is 1. The van der Waals surface area contributed by atoms with Gasteiger partial charge in [-0.15, -0.1) is 11.3 Å². The monoisotopic (exact) mass is 438 g/mol. The summed E-state index contributed by atoms with van der Waals surface area (Å²) in [7, 11) is 0. The van der Waals surface area contributed by atoms with Gasteiger partial charge in [-0.3, -0.25) is 4.79 Å². The summed E-state index contributed by atoms with van der Waals surface area (Å²) in [4.78, 5) is 28.2. The van der Waals surface area contributed by atoms with Crippen LogP contribution in [0.25, 0.3) is 21.7 Å². The Bertz CT molecular complexity index is 1120. The molecule has 0 spiro atoms. The number of aromatic nitrogens is 1. The molecule has 0 radical (unpaired) electrons. The van der Waals surface area contributed by atoms with Gasteiger partial charge in [0.2, 0.25) is 5.91 Å². The molecule has 0 saturated carbocycles. The molecule has 160 valence electrons. The molecule has 1 aliphatic heterocycles. The van der Waals surface area contributed by atoms with E-state index in [1.54, 1.807) is 0 Å². The fraction of sp³-hybridized carbons (Fsp3) is 0.261. The predicted molar refractivity (Wildman–Crippen MR) is 118 cm³/mol. The lowest BCUT2D eigenvalue weighted by molar-refractivity contribution is -0.145. The predicted octanol–water partition coefficient (Wildman–Crippen LogP) is 3.77. The highest BCUT2D eigenvalue weighted by Gasteiger charge is 2.29. The van der Waals surface area contributed by atoms with Crippen molar-refractivity contribution in [3.63, 3.8) is 0 Å². The minimum absolute atomic E-state index is 0.00156. The van der Waals surface area contributed by atoms with Crippen molar-refractivity contribution in [2.75, 3.05) is 13.2 Å². The van der Waals surface area contributed by atoms with E-state index in [9.17, 15) is 14.7 Å². The molecule has 0 bridgehead atoms. The van der Waals surface area contributed by atoms with Crippen LogP contribution in [0.2, 0.25) is 0 Å². The number of carboxylic acid groups (broad SMARTS) is 1. The number of nitrogens with zero attached hydrogens (tertiary/aromatic N) is 1. The number of ether oxygens (including phenoxy) is 2. The first-order chi connectivity index (χ1) is 14.8. The number of carboxylic acids is 1. The van der Waals surface area contributed by atoms with Gasteiger partial charge in [-0.2, -0.15) is 0 Å². The molecule has 1 aliphatic rings. The van der Waals surface area contributed by atoms with Gasteiger partial charge in [0.25, 0.3) is 0 Å². The second-order valence-electron chi connectivity index (χ2n) is 7.68. The third-order valence-electron chi connectivity index (χ3n) is 4.88. The molecule has 2 N–H and O–H groups in total. The number of amides is 1. The van der Waals surface area contributed by atoms with E-state index in [0.29, 0.717) is 30.4 Å². The lowest BCUT2D eigenvalue weighted by atomic mass is 9.98. The fourth-order valence-corrected chi connectivity index (χ4v) is 4.16. The molecule has 7 nitrogen and oxygen atoms in total. The zero-order valence-corrected chi connectivity index (χ0v) is 18.0. The van der Waals surface area contributed by atoms with E-state index in [4.69, 9.17) is 9.47 Å². The molecule has 31 heavy (non-hydrogen) atoms. The standard InChI is InChI=1S/C23H22N2O5S/c1-23(2,22(27)28)25-18(26)12-15-13-31-21(24-15)16-8-9-17-20(30-11-10-29-17)19(16)14-6-4-3-5-7-14/h3-9,13H,10-12H2,1-2H3,(H,25,26)(H,27,28). The normalized spacial score (nSPS) is 13.0. The van der Waals surface area contributed by atoms with Gasteiger partial charge in [0, 0.05) is 16.5 Å². The maximum Gasteiger partial charge on any atom is 0.328 e. The summed E-state index contributed by atoms with van der Waals surface area (Å²) in [6.07, 6.45) is -0.00156. The van der Waals surface area contributed by atoms with Crippen molar-refractivity contribution >= 4 is 23.2 Å². The van der Waals surface area contributed by atoms with Gasteiger partial charge in [-0.25, -0.2) is 9.78 Å². The molecule has 1 aromatic heterocycles. The van der Waals surface area contributed by atoms with Crippen LogP contribution in [0.5, 0.6) is 11.5 Å². The van der Waals surface area contributed by atoms with E-state index in [0.717, 1.165) is 21.7 Å². The maximum atomic E-state index is 12.3. The Morgan fingerprint density at radius 1 is 1.13 bits per heavy atom. The van der Waals surface area contributed by atoms with Crippen LogP contribution in [0, 0.1) is 0 Å². The highest BCUT2D eigenvalue weighted by Crippen LogP contribution is 2.46. The van der Waals surface area contributed by atoms with Crippen molar-refractivity contribution in [1.29, 1.82) is 0 Å². The Hall–Kier alpha value is -3.39. The van der Waals surface area contributed by atoms with Crippen molar-refractivity contribution in [3.05, 3.63) is 53.5 Å². The smallest absolute Gasteiger partial charge is 0.328 e. The maximum absolute atomic E-state index is 12.3. The molecule has 4 rings (SSSR count). The molecular formula is C23H22N2O5S. The average molecular weight is 439 g/mol. The zero-order chi connectivity index (χ0) is 22.0. The Balaban J connectivity index is 1.66. The van der Waals surface area contributed by atoms with E-state index < -0.39 is 17.4 Å². The third-order valence-corrected chi connectivity index (χ3v) is 5.81. The van der Waals surface area contributed by atoms with Crippen LogP contribution in [-0.4, -0.2) is 40.7 Å². The molecule has 0 aliphatic carbocycles. The lowest BCUT2D eigenvalue weighted by Gasteiger charge is -2.23. The SMILES string of the molecule is CC(C)(NC(=O)Cc1csc(-c2ccc3c(c2-c2ccccc2)OCCO3)n1)C(=O)O. The summed E-state index contributed by atoms with van der Waals surface area (Å²) in [5.41, 5.74) is 2.00. The molecule has 2 aromatic carbocycles. The number of rotatable bonds is 6. The Labute approximate surface area is 183 Å². The van der Waals surface area contributed by atoms with Gasteiger partial charge in [-0.05, 0) is 31.5 Å². The van der Waals surface area contributed by atoms with Crippen LogP contribution in [-0.2, 0) is 16.0 Å². The summed E-state index contributed by atoms with van der Waals surface area (Å²) >= 11 is 1.42. The lowest BCUT2D eigenvalue weighted by Crippen LogP contribution is -2.50. The number of benzene rings is 2. The largest absolute Gasteiger partial charge is 0.486 e. The number of hydrogen-bond donors (Lipinski definition) is 2. The quantitative estimate of drug-likeness (QED) is 0.608. The van der Waals surface area contributed by atoms with Crippen LogP contribution in [0.15, 0.2) is 47.8 Å². The minimum Gasteiger partial charge on any atom is -0.486 e. The van der Waals surface area contributed by atoms with E-state index >= 15 is 0 Å². The Morgan fingerprint density at radius 3 is 2.61 bits per heavy atom. The van der Waals surface area contributed by atoms with Gasteiger partial charge in [-0.1, -0.05) is 30.3 Å². The van der Waals surface area contributed by atoms with Crippen molar-refractivity contribution in [1.82, 2.24) is 10.3 Å². The summed E-state index contributed by atoms with van der Waals surface area (Å²) in [6.45, 7) is 3.87.